The van der Waals surface area contributed by atoms with E-state index in [4.69, 9.17) is 0 Å². The highest BCUT2D eigenvalue weighted by Crippen LogP contribution is 2.44. The minimum Gasteiger partial charge on any atom is -0.381 e. The Morgan fingerprint density at radius 3 is 2.95 bits per heavy atom. The van der Waals surface area contributed by atoms with Crippen LogP contribution in [0.15, 0.2) is 47.7 Å². The van der Waals surface area contributed by atoms with Crippen LogP contribution in [0, 0.1) is 5.92 Å². The monoisotopic (exact) mass is 279 g/mol. The number of allylic oxidation sites excluding steroid dienone is 3. The normalized spacial score (nSPS) is 27.2. The molecule has 1 aliphatic heterocycles. The molecule has 2 heteroatoms. The molecule has 100 valence electrons. The molecule has 2 aromatic rings. The SMILES string of the molecule is C1=C2NC3Cc4sc5ccccc5c4CC3C2=CCC1. The lowest BCUT2D eigenvalue weighted by Gasteiger charge is -2.25. The van der Waals surface area contributed by atoms with Gasteiger partial charge in [-0.3, -0.25) is 0 Å². The van der Waals surface area contributed by atoms with Crippen molar-refractivity contribution < 1.29 is 0 Å². The molecular weight excluding hydrogens is 262 g/mol. The van der Waals surface area contributed by atoms with Gasteiger partial charge in [0.15, 0.2) is 0 Å². The lowest BCUT2D eigenvalue weighted by Crippen LogP contribution is -2.33. The zero-order valence-corrected chi connectivity index (χ0v) is 12.2. The maximum atomic E-state index is 3.78. The summed E-state index contributed by atoms with van der Waals surface area (Å²) >= 11 is 2.00. The van der Waals surface area contributed by atoms with Gasteiger partial charge in [0, 0.05) is 33.7 Å². The van der Waals surface area contributed by atoms with Crippen molar-refractivity contribution in [3.05, 3.63) is 58.1 Å². The summed E-state index contributed by atoms with van der Waals surface area (Å²) in [5, 5.41) is 5.28. The van der Waals surface area contributed by atoms with Gasteiger partial charge >= 0.3 is 0 Å². The van der Waals surface area contributed by atoms with Crippen LogP contribution in [0.25, 0.3) is 10.1 Å². The topological polar surface area (TPSA) is 12.0 Å². The predicted octanol–water partition coefficient (Wildman–Crippen LogP) is 4.19. The van der Waals surface area contributed by atoms with E-state index in [9.17, 15) is 0 Å². The van der Waals surface area contributed by atoms with Crippen LogP contribution < -0.4 is 5.32 Å². The minimum absolute atomic E-state index is 0.631. The van der Waals surface area contributed by atoms with Gasteiger partial charge in [0.25, 0.3) is 0 Å². The van der Waals surface area contributed by atoms with Crippen molar-refractivity contribution in [3.63, 3.8) is 0 Å². The molecule has 0 radical (unpaired) electrons. The van der Waals surface area contributed by atoms with Crippen LogP contribution in [0.2, 0.25) is 0 Å². The number of hydrogen-bond acceptors (Lipinski definition) is 2. The Hall–Kier alpha value is -1.54. The van der Waals surface area contributed by atoms with E-state index in [1.165, 1.54) is 41.5 Å². The highest BCUT2D eigenvalue weighted by atomic mass is 32.1. The summed E-state index contributed by atoms with van der Waals surface area (Å²) in [5.41, 5.74) is 4.66. The maximum absolute atomic E-state index is 3.78. The van der Waals surface area contributed by atoms with Gasteiger partial charge in [0.2, 0.25) is 0 Å². The molecule has 0 bridgehead atoms. The lowest BCUT2D eigenvalue weighted by molar-refractivity contribution is 0.458. The van der Waals surface area contributed by atoms with Crippen molar-refractivity contribution in [2.75, 3.05) is 0 Å². The fraction of sp³-hybridized carbons (Fsp3) is 0.333. The molecule has 5 rings (SSSR count). The quantitative estimate of drug-likeness (QED) is 0.762. The van der Waals surface area contributed by atoms with E-state index in [2.05, 4.69) is 41.7 Å². The summed E-state index contributed by atoms with van der Waals surface area (Å²) in [6.07, 6.45) is 9.73. The fourth-order valence-corrected chi connectivity index (χ4v) is 5.40. The van der Waals surface area contributed by atoms with E-state index in [-0.39, 0.29) is 0 Å². The van der Waals surface area contributed by atoms with Crippen LogP contribution in [0.1, 0.15) is 23.3 Å². The van der Waals surface area contributed by atoms with Crippen molar-refractivity contribution in [3.8, 4) is 0 Å². The molecular formula is C18H17NS. The molecule has 1 saturated heterocycles. The molecule has 2 unspecified atom stereocenters. The van der Waals surface area contributed by atoms with Crippen molar-refractivity contribution in [2.45, 2.75) is 31.7 Å². The molecule has 20 heavy (non-hydrogen) atoms. The first kappa shape index (κ1) is 11.2. The Balaban J connectivity index is 1.64. The second kappa shape index (κ2) is 3.98. The number of benzene rings is 1. The van der Waals surface area contributed by atoms with E-state index in [1.54, 1.807) is 16.0 Å². The van der Waals surface area contributed by atoms with Gasteiger partial charge in [-0.05, 0) is 41.9 Å². The summed E-state index contributed by atoms with van der Waals surface area (Å²) < 4.78 is 1.46. The van der Waals surface area contributed by atoms with Gasteiger partial charge in [-0.2, -0.15) is 0 Å². The van der Waals surface area contributed by atoms with E-state index in [0.29, 0.717) is 12.0 Å². The van der Waals surface area contributed by atoms with Gasteiger partial charge < -0.3 is 5.32 Å². The van der Waals surface area contributed by atoms with Crippen LogP contribution in [-0.2, 0) is 12.8 Å². The molecule has 2 aliphatic carbocycles. The first-order valence-electron chi connectivity index (χ1n) is 7.56. The molecule has 0 amide bonds. The first-order chi connectivity index (χ1) is 9.90. The van der Waals surface area contributed by atoms with Crippen LogP contribution in [0.3, 0.4) is 0 Å². The standard InChI is InChI=1S/C18H17NS/c1-3-7-15-11(5-1)13-9-14-12-6-2-4-8-17(12)20-18(14)10-16(13)19-15/h2,4-8,13,16,19H,1,3,9-10H2. The average Bonchev–Trinajstić information content (AvgIpc) is 3.02. The molecule has 2 heterocycles. The molecule has 0 spiro atoms. The zero-order valence-electron chi connectivity index (χ0n) is 11.4. The van der Waals surface area contributed by atoms with Gasteiger partial charge in [0.1, 0.15) is 0 Å². The van der Waals surface area contributed by atoms with E-state index in [1.807, 2.05) is 11.3 Å². The van der Waals surface area contributed by atoms with Crippen molar-refractivity contribution in [1.29, 1.82) is 0 Å². The average molecular weight is 279 g/mol. The van der Waals surface area contributed by atoms with Gasteiger partial charge in [-0.15, -0.1) is 11.3 Å². The number of thiophene rings is 1. The van der Waals surface area contributed by atoms with Crippen molar-refractivity contribution >= 4 is 21.4 Å². The molecule has 0 saturated carbocycles. The molecule has 1 aromatic carbocycles. The predicted molar refractivity (Wildman–Crippen MR) is 85.0 cm³/mol. The number of hydrogen-bond donors (Lipinski definition) is 1. The van der Waals surface area contributed by atoms with E-state index < -0.39 is 0 Å². The van der Waals surface area contributed by atoms with Crippen molar-refractivity contribution in [2.24, 2.45) is 5.92 Å². The third-order valence-electron chi connectivity index (χ3n) is 5.03. The Kier molecular flexibility index (Phi) is 2.22. The highest BCUT2D eigenvalue weighted by Gasteiger charge is 2.39. The van der Waals surface area contributed by atoms with Crippen LogP contribution in [0.4, 0.5) is 0 Å². The minimum atomic E-state index is 0.631. The second-order valence-electron chi connectivity index (χ2n) is 6.12. The smallest absolute Gasteiger partial charge is 0.0382 e. The number of nitrogens with one attached hydrogen (secondary N) is 1. The van der Waals surface area contributed by atoms with Crippen LogP contribution >= 0.6 is 11.3 Å². The number of fused-ring (bicyclic) bond motifs is 6. The Morgan fingerprint density at radius 1 is 1.05 bits per heavy atom. The molecule has 1 nitrogen and oxygen atoms in total. The maximum Gasteiger partial charge on any atom is 0.0382 e. The molecule has 3 aliphatic rings. The Morgan fingerprint density at radius 2 is 1.95 bits per heavy atom. The van der Waals surface area contributed by atoms with E-state index in [0.717, 1.165) is 0 Å². The fourth-order valence-electron chi connectivity index (χ4n) is 4.11. The van der Waals surface area contributed by atoms with E-state index >= 15 is 0 Å². The third-order valence-corrected chi connectivity index (χ3v) is 6.26. The number of rotatable bonds is 0. The Bertz CT molecular complexity index is 765. The summed E-state index contributed by atoms with van der Waals surface area (Å²) in [6.45, 7) is 0. The molecule has 1 N–H and O–H groups in total. The van der Waals surface area contributed by atoms with Crippen LogP contribution in [0.5, 0.6) is 0 Å². The first-order valence-corrected chi connectivity index (χ1v) is 8.38. The summed E-state index contributed by atoms with van der Waals surface area (Å²) in [4.78, 5) is 1.61. The molecule has 2 atom stereocenters. The largest absolute Gasteiger partial charge is 0.381 e. The zero-order chi connectivity index (χ0) is 13.1. The summed E-state index contributed by atoms with van der Waals surface area (Å²) in [6, 6.07) is 9.55. The molecule has 1 aromatic heterocycles. The van der Waals surface area contributed by atoms with Gasteiger partial charge in [-0.1, -0.05) is 30.4 Å². The van der Waals surface area contributed by atoms with Crippen LogP contribution in [-0.4, -0.2) is 6.04 Å². The Labute approximate surface area is 123 Å². The second-order valence-corrected chi connectivity index (χ2v) is 7.26. The van der Waals surface area contributed by atoms with Gasteiger partial charge in [-0.25, -0.2) is 0 Å². The highest BCUT2D eigenvalue weighted by molar-refractivity contribution is 7.19. The summed E-state index contributed by atoms with van der Waals surface area (Å²) in [7, 11) is 0. The molecule has 1 fully saturated rings. The lowest BCUT2D eigenvalue weighted by atomic mass is 9.80. The van der Waals surface area contributed by atoms with Gasteiger partial charge in [0.05, 0.1) is 0 Å². The summed E-state index contributed by atoms with van der Waals surface area (Å²) in [5.74, 6) is 0.701. The van der Waals surface area contributed by atoms with Crippen molar-refractivity contribution in [1.82, 2.24) is 5.32 Å². The third kappa shape index (κ3) is 1.43.